The van der Waals surface area contributed by atoms with Gasteiger partial charge in [-0.3, -0.25) is 0 Å². The first-order valence-corrected chi connectivity index (χ1v) is 9.09. The smallest absolute Gasteiger partial charge is 0.154 e. The molecule has 0 aliphatic rings. The molecule has 0 radical (unpaired) electrons. The van der Waals surface area contributed by atoms with Gasteiger partial charge in [0.2, 0.25) is 0 Å². The highest BCUT2D eigenvalue weighted by Gasteiger charge is 2.40. The molecular weight excluding hydrogens is 278 g/mol. The Morgan fingerprint density at radius 1 is 1.16 bits per heavy atom. The maximum absolute atomic E-state index is 12.0. The van der Waals surface area contributed by atoms with Crippen LogP contribution >= 0.6 is 11.3 Å². The third-order valence-electron chi connectivity index (χ3n) is 3.59. The van der Waals surface area contributed by atoms with Gasteiger partial charge in [0.1, 0.15) is 0 Å². The largest absolute Gasteiger partial charge is 0.311 e. The highest BCUT2D eigenvalue weighted by Crippen LogP contribution is 2.38. The Morgan fingerprint density at radius 3 is 2.00 bits per heavy atom. The van der Waals surface area contributed by atoms with Crippen molar-refractivity contribution >= 4 is 21.2 Å². The second-order valence-corrected chi connectivity index (χ2v) is 10.3. The summed E-state index contributed by atoms with van der Waals surface area (Å²) in [5, 5.41) is 3.16. The van der Waals surface area contributed by atoms with Gasteiger partial charge in [0.15, 0.2) is 9.84 Å². The Kier molecular flexibility index (Phi) is 4.55. The summed E-state index contributed by atoms with van der Waals surface area (Å²) in [7, 11) is -1.33. The number of thiophene rings is 1. The molecule has 0 spiro atoms. The van der Waals surface area contributed by atoms with E-state index in [2.05, 4.69) is 32.2 Å². The number of hydrogen-bond donors (Lipinski definition) is 1. The van der Waals surface area contributed by atoms with Crippen LogP contribution in [0.4, 0.5) is 0 Å². The summed E-state index contributed by atoms with van der Waals surface area (Å²) in [6.07, 6.45) is 1.30. The molecule has 1 unspecified atom stereocenters. The Bertz CT molecular complexity index is 536. The Labute approximate surface area is 121 Å². The van der Waals surface area contributed by atoms with Gasteiger partial charge in [-0.05, 0) is 38.4 Å². The molecule has 1 aromatic rings. The van der Waals surface area contributed by atoms with E-state index in [1.54, 1.807) is 25.2 Å². The predicted octanol–water partition coefficient (Wildman–Crippen LogP) is 3.13. The lowest BCUT2D eigenvalue weighted by molar-refractivity contribution is 0.451. The van der Waals surface area contributed by atoms with E-state index in [9.17, 15) is 8.42 Å². The van der Waals surface area contributed by atoms with E-state index in [1.807, 2.05) is 13.1 Å². The molecule has 0 aliphatic heterocycles. The van der Waals surface area contributed by atoms with Crippen molar-refractivity contribution in [2.45, 2.75) is 50.8 Å². The quantitative estimate of drug-likeness (QED) is 0.929. The second-order valence-electron chi connectivity index (χ2n) is 6.55. The van der Waals surface area contributed by atoms with Crippen LogP contribution in [0.25, 0.3) is 0 Å². The maximum Gasteiger partial charge on any atom is 0.154 e. The second kappa shape index (κ2) is 5.19. The molecule has 1 aromatic heterocycles. The standard InChI is InChI=1S/C14H25NO2S2/c1-13(2,3)11-9-8-10(18-11)12(15-6)14(4,5)19(7,16)17/h8-9,12,15H,1-7H3. The normalized spacial score (nSPS) is 15.5. The minimum Gasteiger partial charge on any atom is -0.311 e. The molecule has 3 nitrogen and oxygen atoms in total. The van der Waals surface area contributed by atoms with Crippen LogP contribution in [0, 0.1) is 0 Å². The van der Waals surface area contributed by atoms with Crippen LogP contribution in [0.2, 0.25) is 0 Å². The fraction of sp³-hybridized carbons (Fsp3) is 0.714. The molecule has 19 heavy (non-hydrogen) atoms. The molecule has 1 N–H and O–H groups in total. The molecule has 1 atom stereocenters. The van der Waals surface area contributed by atoms with Crippen molar-refractivity contribution in [3.8, 4) is 0 Å². The highest BCUT2D eigenvalue weighted by molar-refractivity contribution is 7.92. The molecular formula is C14H25NO2S2. The SMILES string of the molecule is CNC(c1ccc(C(C)(C)C)s1)C(C)(C)S(C)(=O)=O. The van der Waals surface area contributed by atoms with Crippen molar-refractivity contribution in [1.29, 1.82) is 0 Å². The van der Waals surface area contributed by atoms with Crippen LogP contribution in [0.15, 0.2) is 12.1 Å². The predicted molar refractivity (Wildman–Crippen MR) is 83.7 cm³/mol. The third-order valence-corrected chi connectivity index (χ3v) is 7.31. The summed E-state index contributed by atoms with van der Waals surface area (Å²) >= 11 is 1.69. The number of nitrogens with one attached hydrogen (secondary N) is 1. The average molecular weight is 303 g/mol. The minimum absolute atomic E-state index is 0.0937. The summed E-state index contributed by atoms with van der Waals surface area (Å²) < 4.78 is 23.2. The maximum atomic E-state index is 12.0. The summed E-state index contributed by atoms with van der Waals surface area (Å²) in [4.78, 5) is 2.34. The van der Waals surface area contributed by atoms with E-state index < -0.39 is 14.6 Å². The van der Waals surface area contributed by atoms with Crippen LogP contribution in [0.1, 0.15) is 50.4 Å². The third kappa shape index (κ3) is 3.38. The molecule has 0 amide bonds. The molecule has 110 valence electrons. The number of sulfone groups is 1. The van der Waals surface area contributed by atoms with Crippen LogP contribution in [-0.4, -0.2) is 26.5 Å². The average Bonchev–Trinajstić information content (AvgIpc) is 2.65. The molecule has 0 fully saturated rings. The van der Waals surface area contributed by atoms with Gasteiger partial charge in [0.25, 0.3) is 0 Å². The minimum atomic E-state index is -3.14. The van der Waals surface area contributed by atoms with Crippen molar-refractivity contribution in [2.75, 3.05) is 13.3 Å². The summed E-state index contributed by atoms with van der Waals surface area (Å²) in [6, 6.07) is 3.95. The van der Waals surface area contributed by atoms with Crippen LogP contribution in [0.5, 0.6) is 0 Å². The molecule has 0 aliphatic carbocycles. The van der Waals surface area contributed by atoms with Crippen molar-refractivity contribution < 1.29 is 8.42 Å². The van der Waals surface area contributed by atoms with Gasteiger partial charge in [0.05, 0.1) is 10.8 Å². The fourth-order valence-corrected chi connectivity index (χ4v) is 4.07. The van der Waals surface area contributed by atoms with Gasteiger partial charge in [-0.2, -0.15) is 0 Å². The van der Waals surface area contributed by atoms with Gasteiger partial charge in [-0.1, -0.05) is 20.8 Å². The first kappa shape index (κ1) is 16.7. The van der Waals surface area contributed by atoms with Crippen LogP contribution < -0.4 is 5.32 Å². The summed E-state index contributed by atoms with van der Waals surface area (Å²) in [5.74, 6) is 0. The fourth-order valence-electron chi connectivity index (χ4n) is 1.96. The first-order valence-electron chi connectivity index (χ1n) is 6.38. The molecule has 1 rings (SSSR count). The zero-order chi connectivity index (χ0) is 15.1. The summed E-state index contributed by atoms with van der Waals surface area (Å²) in [6.45, 7) is 10.1. The van der Waals surface area contributed by atoms with Crippen LogP contribution in [0.3, 0.4) is 0 Å². The zero-order valence-electron chi connectivity index (χ0n) is 12.9. The van der Waals surface area contributed by atoms with Gasteiger partial charge in [-0.25, -0.2) is 8.42 Å². The lowest BCUT2D eigenvalue weighted by atomic mass is 9.95. The molecule has 0 aromatic carbocycles. The van der Waals surface area contributed by atoms with Gasteiger partial charge < -0.3 is 5.32 Å². The summed E-state index contributed by atoms with van der Waals surface area (Å²) in [5.41, 5.74) is 0.0937. The van der Waals surface area contributed by atoms with E-state index in [4.69, 9.17) is 0 Å². The van der Waals surface area contributed by atoms with E-state index >= 15 is 0 Å². The molecule has 0 saturated heterocycles. The first-order chi connectivity index (χ1) is 8.41. The Hall–Kier alpha value is -0.390. The van der Waals surface area contributed by atoms with Gasteiger partial charge in [-0.15, -0.1) is 11.3 Å². The lowest BCUT2D eigenvalue weighted by Gasteiger charge is -2.31. The monoisotopic (exact) mass is 303 g/mol. The number of hydrogen-bond acceptors (Lipinski definition) is 4. The van der Waals surface area contributed by atoms with E-state index in [0.717, 1.165) is 4.88 Å². The van der Waals surface area contributed by atoms with Gasteiger partial charge in [0, 0.05) is 16.0 Å². The molecule has 0 saturated carbocycles. The molecule has 5 heteroatoms. The van der Waals surface area contributed by atoms with E-state index in [0.29, 0.717) is 0 Å². The lowest BCUT2D eigenvalue weighted by Crippen LogP contribution is -2.43. The van der Waals surface area contributed by atoms with E-state index in [-0.39, 0.29) is 11.5 Å². The molecule has 1 heterocycles. The zero-order valence-corrected chi connectivity index (χ0v) is 14.5. The molecule has 0 bridgehead atoms. The topological polar surface area (TPSA) is 46.2 Å². The van der Waals surface area contributed by atoms with E-state index in [1.165, 1.54) is 11.1 Å². The number of rotatable bonds is 4. The van der Waals surface area contributed by atoms with Crippen molar-refractivity contribution in [3.63, 3.8) is 0 Å². The van der Waals surface area contributed by atoms with Crippen molar-refractivity contribution in [2.24, 2.45) is 0 Å². The Balaban J connectivity index is 3.23. The highest BCUT2D eigenvalue weighted by atomic mass is 32.2. The van der Waals surface area contributed by atoms with Crippen molar-refractivity contribution in [1.82, 2.24) is 5.32 Å². The van der Waals surface area contributed by atoms with Crippen LogP contribution in [-0.2, 0) is 15.3 Å². The van der Waals surface area contributed by atoms with Crippen molar-refractivity contribution in [3.05, 3.63) is 21.9 Å². The van der Waals surface area contributed by atoms with Gasteiger partial charge >= 0.3 is 0 Å². The Morgan fingerprint density at radius 2 is 1.68 bits per heavy atom.